The lowest BCUT2D eigenvalue weighted by Gasteiger charge is -2.20. The first-order valence-corrected chi connectivity index (χ1v) is 10.2. The lowest BCUT2D eigenvalue weighted by Crippen LogP contribution is -2.25. The molecule has 0 fully saturated rings. The molecule has 29 heavy (non-hydrogen) atoms. The number of hydrogen-bond acceptors (Lipinski definition) is 6. The topological polar surface area (TPSA) is 66.0 Å². The maximum atomic E-state index is 6.13. The molecule has 3 aromatic rings. The van der Waals surface area contributed by atoms with Crippen molar-refractivity contribution in [1.82, 2.24) is 15.0 Å². The van der Waals surface area contributed by atoms with Gasteiger partial charge >= 0.3 is 0 Å². The molecule has 2 N–H and O–H groups in total. The molecule has 152 valence electrons. The van der Waals surface area contributed by atoms with E-state index < -0.39 is 0 Å². The summed E-state index contributed by atoms with van der Waals surface area (Å²) in [6.07, 6.45) is 0. The van der Waals surface area contributed by atoms with E-state index in [0.717, 1.165) is 35.6 Å². The smallest absolute Gasteiger partial charge is 0.233 e. The monoisotopic (exact) mass is 430 g/mol. The highest BCUT2D eigenvalue weighted by Crippen LogP contribution is 2.27. The molecule has 0 unspecified atom stereocenters. The number of nitrogens with one attached hydrogen (secondary N) is 2. The maximum absolute atomic E-state index is 6.13. The first-order chi connectivity index (χ1) is 13.9. The minimum Gasteiger partial charge on any atom is -0.341 e. The number of rotatable bonds is 7. The van der Waals surface area contributed by atoms with Gasteiger partial charge in [-0.1, -0.05) is 35.3 Å². The molecule has 6 nitrogen and oxygen atoms in total. The highest BCUT2D eigenvalue weighted by Gasteiger charge is 2.13. The molecule has 1 heterocycles. The molecule has 8 heteroatoms. The van der Waals surface area contributed by atoms with Gasteiger partial charge in [-0.25, -0.2) is 0 Å². The van der Waals surface area contributed by atoms with E-state index in [1.165, 1.54) is 0 Å². The van der Waals surface area contributed by atoms with Crippen molar-refractivity contribution >= 4 is 52.4 Å². The van der Waals surface area contributed by atoms with Crippen molar-refractivity contribution in [2.45, 2.75) is 27.7 Å². The minimum atomic E-state index is 0.424. The van der Waals surface area contributed by atoms with Crippen molar-refractivity contribution in [1.29, 1.82) is 0 Å². The molecule has 0 saturated heterocycles. The summed E-state index contributed by atoms with van der Waals surface area (Å²) in [7, 11) is 0. The highest BCUT2D eigenvalue weighted by molar-refractivity contribution is 6.42. The van der Waals surface area contributed by atoms with Gasteiger partial charge in [0.15, 0.2) is 0 Å². The van der Waals surface area contributed by atoms with Crippen LogP contribution in [0.5, 0.6) is 0 Å². The summed E-state index contributed by atoms with van der Waals surface area (Å²) in [6.45, 7) is 9.80. The van der Waals surface area contributed by atoms with Gasteiger partial charge in [-0.05, 0) is 63.1 Å². The third-order valence-electron chi connectivity index (χ3n) is 4.49. The Morgan fingerprint density at radius 2 is 1.52 bits per heavy atom. The second kappa shape index (κ2) is 9.29. The van der Waals surface area contributed by atoms with Gasteiger partial charge < -0.3 is 15.5 Å². The molecule has 0 aliphatic heterocycles. The van der Waals surface area contributed by atoms with Crippen LogP contribution < -0.4 is 15.5 Å². The van der Waals surface area contributed by atoms with Crippen LogP contribution in [-0.4, -0.2) is 28.0 Å². The van der Waals surface area contributed by atoms with Crippen molar-refractivity contribution in [3.63, 3.8) is 0 Å². The van der Waals surface area contributed by atoms with Gasteiger partial charge in [-0.15, -0.1) is 0 Å². The quantitative estimate of drug-likeness (QED) is 0.469. The van der Waals surface area contributed by atoms with Gasteiger partial charge in [-0.3, -0.25) is 0 Å². The fourth-order valence-electron chi connectivity index (χ4n) is 2.82. The van der Waals surface area contributed by atoms with Crippen molar-refractivity contribution in [2.24, 2.45) is 0 Å². The Labute approximate surface area is 181 Å². The molecule has 0 spiro atoms. The number of nitrogens with zero attached hydrogens (tertiary/aromatic N) is 4. The Kier molecular flexibility index (Phi) is 6.77. The van der Waals surface area contributed by atoms with E-state index >= 15 is 0 Å². The molecular formula is C21H24Cl2N6. The Morgan fingerprint density at radius 3 is 2.17 bits per heavy atom. The van der Waals surface area contributed by atoms with E-state index in [1.54, 1.807) is 12.1 Å². The molecule has 3 rings (SSSR count). The highest BCUT2D eigenvalue weighted by atomic mass is 35.5. The number of benzene rings is 2. The molecule has 0 saturated carbocycles. The van der Waals surface area contributed by atoms with Crippen LogP contribution in [0.2, 0.25) is 10.0 Å². The maximum Gasteiger partial charge on any atom is 0.233 e. The Balaban J connectivity index is 1.98. The Morgan fingerprint density at radius 1 is 0.828 bits per heavy atom. The lowest BCUT2D eigenvalue weighted by molar-refractivity contribution is 0.815. The normalized spacial score (nSPS) is 10.7. The molecule has 0 aliphatic rings. The molecule has 0 aliphatic carbocycles. The van der Waals surface area contributed by atoms with Crippen LogP contribution in [-0.2, 0) is 0 Å². The summed E-state index contributed by atoms with van der Waals surface area (Å²) in [6, 6.07) is 11.5. The van der Waals surface area contributed by atoms with Crippen LogP contribution in [0.25, 0.3) is 0 Å². The zero-order chi connectivity index (χ0) is 21.0. The zero-order valence-electron chi connectivity index (χ0n) is 16.9. The lowest BCUT2D eigenvalue weighted by atomic mass is 10.1. The third kappa shape index (κ3) is 5.28. The van der Waals surface area contributed by atoms with Crippen molar-refractivity contribution in [3.05, 3.63) is 57.6 Å². The fraction of sp³-hybridized carbons (Fsp3) is 0.286. The summed E-state index contributed by atoms with van der Waals surface area (Å²) >= 11 is 12.1. The third-order valence-corrected chi connectivity index (χ3v) is 5.22. The SMILES string of the molecule is CCN(CC)c1nc(Nc2ccc(Cl)c(Cl)c2)nc(Nc2cc(C)ccc2C)n1. The van der Waals surface area contributed by atoms with E-state index in [1.807, 2.05) is 13.0 Å². The van der Waals surface area contributed by atoms with Gasteiger partial charge in [0.1, 0.15) is 0 Å². The van der Waals surface area contributed by atoms with Crippen LogP contribution in [0.4, 0.5) is 29.2 Å². The van der Waals surface area contributed by atoms with Gasteiger partial charge in [-0.2, -0.15) is 15.0 Å². The standard InChI is InChI=1S/C21H24Cl2N6/c1-5-29(6-2)21-27-19(24-15-9-10-16(22)17(23)12-15)26-20(28-21)25-18-11-13(3)7-8-14(18)4/h7-12H,5-6H2,1-4H3,(H2,24,25,26,27,28). The summed E-state index contributed by atoms with van der Waals surface area (Å²) in [5.74, 6) is 1.49. The van der Waals surface area contributed by atoms with Gasteiger partial charge in [0.2, 0.25) is 17.8 Å². The van der Waals surface area contributed by atoms with E-state index in [2.05, 4.69) is 69.5 Å². The van der Waals surface area contributed by atoms with Crippen LogP contribution in [0.3, 0.4) is 0 Å². The van der Waals surface area contributed by atoms with Gasteiger partial charge in [0, 0.05) is 24.5 Å². The molecule has 0 amide bonds. The summed E-state index contributed by atoms with van der Waals surface area (Å²) < 4.78 is 0. The molecular weight excluding hydrogens is 407 g/mol. The van der Waals surface area contributed by atoms with E-state index in [-0.39, 0.29) is 0 Å². The number of aryl methyl sites for hydroxylation is 2. The molecule has 2 aromatic carbocycles. The number of hydrogen-bond donors (Lipinski definition) is 2. The second-order valence-electron chi connectivity index (χ2n) is 6.65. The van der Waals surface area contributed by atoms with Gasteiger partial charge in [0.25, 0.3) is 0 Å². The number of halogens is 2. The predicted octanol–water partition coefficient (Wildman–Crippen LogP) is 6.13. The van der Waals surface area contributed by atoms with E-state index in [4.69, 9.17) is 23.2 Å². The molecule has 0 bridgehead atoms. The van der Waals surface area contributed by atoms with E-state index in [9.17, 15) is 0 Å². The van der Waals surface area contributed by atoms with Crippen LogP contribution in [0, 0.1) is 13.8 Å². The predicted molar refractivity (Wildman–Crippen MR) is 122 cm³/mol. The van der Waals surface area contributed by atoms with Crippen LogP contribution in [0.1, 0.15) is 25.0 Å². The largest absolute Gasteiger partial charge is 0.341 e. The van der Waals surface area contributed by atoms with Gasteiger partial charge in [0.05, 0.1) is 10.0 Å². The van der Waals surface area contributed by atoms with Crippen molar-refractivity contribution in [2.75, 3.05) is 28.6 Å². The zero-order valence-corrected chi connectivity index (χ0v) is 18.4. The Bertz CT molecular complexity index is 1000. The van der Waals surface area contributed by atoms with Crippen LogP contribution in [0.15, 0.2) is 36.4 Å². The number of anilines is 5. The first kappa shape index (κ1) is 21.1. The summed E-state index contributed by atoms with van der Waals surface area (Å²) in [5.41, 5.74) is 3.97. The van der Waals surface area contributed by atoms with E-state index in [0.29, 0.717) is 27.9 Å². The Hall–Kier alpha value is -2.57. The molecule has 0 radical (unpaired) electrons. The van der Waals surface area contributed by atoms with Crippen molar-refractivity contribution in [3.8, 4) is 0 Å². The second-order valence-corrected chi connectivity index (χ2v) is 7.47. The average molecular weight is 431 g/mol. The fourth-order valence-corrected chi connectivity index (χ4v) is 3.12. The van der Waals surface area contributed by atoms with Crippen molar-refractivity contribution < 1.29 is 0 Å². The summed E-state index contributed by atoms with van der Waals surface area (Å²) in [5, 5.41) is 7.48. The first-order valence-electron chi connectivity index (χ1n) is 9.47. The number of aromatic nitrogens is 3. The molecule has 1 aromatic heterocycles. The molecule has 0 atom stereocenters. The summed E-state index contributed by atoms with van der Waals surface area (Å²) in [4.78, 5) is 15.8. The average Bonchev–Trinajstić information content (AvgIpc) is 2.68. The minimum absolute atomic E-state index is 0.424. The van der Waals surface area contributed by atoms with Crippen LogP contribution >= 0.6 is 23.2 Å².